The average Bonchev–Trinajstić information content (AvgIpc) is 2.48. The fraction of sp³-hybridized carbons (Fsp3) is 1.00. The van der Waals surface area contributed by atoms with Crippen molar-refractivity contribution in [2.24, 2.45) is 0 Å². The Kier molecular flexibility index (Phi) is 6.79. The van der Waals surface area contributed by atoms with Crippen molar-refractivity contribution in [3.63, 3.8) is 0 Å². The maximum absolute atomic E-state index is 5.53. The summed E-state index contributed by atoms with van der Waals surface area (Å²) in [5.74, 6) is 0. The van der Waals surface area contributed by atoms with Crippen molar-refractivity contribution in [1.82, 2.24) is 10.2 Å². The van der Waals surface area contributed by atoms with Crippen molar-refractivity contribution in [3.8, 4) is 0 Å². The van der Waals surface area contributed by atoms with Gasteiger partial charge in [0.2, 0.25) is 0 Å². The molecule has 3 nitrogen and oxygen atoms in total. The van der Waals surface area contributed by atoms with Gasteiger partial charge in [0.05, 0.1) is 0 Å². The van der Waals surface area contributed by atoms with Gasteiger partial charge in [-0.25, -0.2) is 0 Å². The molecule has 1 saturated carbocycles. The minimum Gasteiger partial charge on any atom is -0.382 e. The molecule has 2 rings (SSSR count). The molecule has 3 heteroatoms. The number of rotatable bonds is 7. The summed E-state index contributed by atoms with van der Waals surface area (Å²) in [4.78, 5) is 2.82. The number of piperazine rings is 1. The Labute approximate surface area is 125 Å². The molecule has 1 heterocycles. The molecular weight excluding hydrogens is 248 g/mol. The molecule has 0 bridgehead atoms. The molecule has 1 N–H and O–H groups in total. The maximum atomic E-state index is 5.53. The third-order valence-electron chi connectivity index (χ3n) is 5.17. The van der Waals surface area contributed by atoms with E-state index in [1.54, 1.807) is 0 Å². The second kappa shape index (κ2) is 8.35. The van der Waals surface area contributed by atoms with Crippen LogP contribution in [0.5, 0.6) is 0 Å². The topological polar surface area (TPSA) is 24.5 Å². The number of ether oxygens (including phenoxy) is 1. The second-order valence-corrected chi connectivity index (χ2v) is 6.65. The van der Waals surface area contributed by atoms with Gasteiger partial charge in [-0.1, -0.05) is 32.6 Å². The van der Waals surface area contributed by atoms with E-state index in [4.69, 9.17) is 4.74 Å². The Balaban J connectivity index is 1.90. The van der Waals surface area contributed by atoms with Gasteiger partial charge in [-0.05, 0) is 32.6 Å². The van der Waals surface area contributed by atoms with Gasteiger partial charge < -0.3 is 10.1 Å². The minimum absolute atomic E-state index is 0.467. The highest BCUT2D eigenvalue weighted by molar-refractivity contribution is 5.00. The Bertz CT molecular complexity index is 264. The first-order valence-electron chi connectivity index (χ1n) is 8.87. The molecule has 2 fully saturated rings. The van der Waals surface area contributed by atoms with E-state index in [1.807, 2.05) is 0 Å². The predicted molar refractivity (Wildman–Crippen MR) is 85.2 cm³/mol. The number of nitrogens with one attached hydrogen (secondary N) is 1. The molecule has 1 unspecified atom stereocenters. The van der Waals surface area contributed by atoms with Gasteiger partial charge in [0.1, 0.15) is 0 Å². The van der Waals surface area contributed by atoms with Crippen LogP contribution in [0.3, 0.4) is 0 Å². The largest absolute Gasteiger partial charge is 0.382 e. The monoisotopic (exact) mass is 282 g/mol. The van der Waals surface area contributed by atoms with E-state index in [0.29, 0.717) is 11.6 Å². The van der Waals surface area contributed by atoms with E-state index < -0.39 is 0 Å². The standard InChI is InChI=1S/C17H34N2O/c1-3-9-16-14-19(12-8-13-20-4-2)17(15-18-16)10-6-5-7-11-17/h16,18H,3-15H2,1-2H3. The van der Waals surface area contributed by atoms with Crippen LogP contribution in [0.25, 0.3) is 0 Å². The van der Waals surface area contributed by atoms with E-state index in [0.717, 1.165) is 13.2 Å². The second-order valence-electron chi connectivity index (χ2n) is 6.65. The molecule has 1 aliphatic heterocycles. The fourth-order valence-electron chi connectivity index (χ4n) is 4.05. The highest BCUT2D eigenvalue weighted by Gasteiger charge is 2.41. The third kappa shape index (κ3) is 4.19. The van der Waals surface area contributed by atoms with Crippen LogP contribution in [0.1, 0.15) is 65.2 Å². The normalized spacial score (nSPS) is 27.0. The summed E-state index contributed by atoms with van der Waals surface area (Å²) < 4.78 is 5.53. The van der Waals surface area contributed by atoms with Crippen molar-refractivity contribution in [3.05, 3.63) is 0 Å². The van der Waals surface area contributed by atoms with Crippen LogP contribution in [-0.2, 0) is 4.74 Å². The zero-order valence-electron chi connectivity index (χ0n) is 13.6. The summed E-state index contributed by atoms with van der Waals surface area (Å²) in [6.07, 6.45) is 10.9. The van der Waals surface area contributed by atoms with Gasteiger partial charge in [0.25, 0.3) is 0 Å². The molecule has 20 heavy (non-hydrogen) atoms. The Morgan fingerprint density at radius 3 is 2.70 bits per heavy atom. The Morgan fingerprint density at radius 1 is 1.20 bits per heavy atom. The van der Waals surface area contributed by atoms with Crippen LogP contribution in [0, 0.1) is 0 Å². The lowest BCUT2D eigenvalue weighted by atomic mass is 9.78. The fourth-order valence-corrected chi connectivity index (χ4v) is 4.05. The summed E-state index contributed by atoms with van der Waals surface area (Å²) in [6, 6.07) is 0.708. The first-order valence-corrected chi connectivity index (χ1v) is 8.87. The molecule has 0 aromatic rings. The van der Waals surface area contributed by atoms with Crippen molar-refractivity contribution in [2.45, 2.75) is 76.8 Å². The maximum Gasteiger partial charge on any atom is 0.0478 e. The molecule has 0 radical (unpaired) electrons. The zero-order valence-corrected chi connectivity index (χ0v) is 13.6. The van der Waals surface area contributed by atoms with E-state index >= 15 is 0 Å². The summed E-state index contributed by atoms with van der Waals surface area (Å²) in [7, 11) is 0. The van der Waals surface area contributed by atoms with Crippen LogP contribution >= 0.6 is 0 Å². The molecule has 0 aromatic heterocycles. The van der Waals surface area contributed by atoms with E-state index in [1.165, 1.54) is 71.0 Å². The molecule has 0 aromatic carbocycles. The lowest BCUT2D eigenvalue weighted by molar-refractivity contribution is 0.00183. The van der Waals surface area contributed by atoms with Crippen molar-refractivity contribution >= 4 is 0 Å². The zero-order chi connectivity index (χ0) is 14.3. The van der Waals surface area contributed by atoms with Crippen molar-refractivity contribution in [1.29, 1.82) is 0 Å². The molecule has 1 atom stereocenters. The molecular formula is C17H34N2O. The highest BCUT2D eigenvalue weighted by atomic mass is 16.5. The van der Waals surface area contributed by atoms with Crippen LogP contribution < -0.4 is 5.32 Å². The van der Waals surface area contributed by atoms with Gasteiger partial charge in [0.15, 0.2) is 0 Å². The number of hydrogen-bond donors (Lipinski definition) is 1. The summed E-state index contributed by atoms with van der Waals surface area (Å²) >= 11 is 0. The predicted octanol–water partition coefficient (Wildman–Crippen LogP) is 3.19. The van der Waals surface area contributed by atoms with Crippen molar-refractivity contribution < 1.29 is 4.74 Å². The minimum atomic E-state index is 0.467. The molecule has 1 aliphatic carbocycles. The van der Waals surface area contributed by atoms with Crippen LogP contribution in [0.15, 0.2) is 0 Å². The van der Waals surface area contributed by atoms with Gasteiger partial charge in [0, 0.05) is 44.4 Å². The van der Waals surface area contributed by atoms with Gasteiger partial charge in [-0.3, -0.25) is 4.90 Å². The molecule has 2 aliphatic rings. The van der Waals surface area contributed by atoms with Gasteiger partial charge >= 0.3 is 0 Å². The third-order valence-corrected chi connectivity index (χ3v) is 5.17. The number of nitrogens with zero attached hydrogens (tertiary/aromatic N) is 1. The number of hydrogen-bond acceptors (Lipinski definition) is 3. The SMILES string of the molecule is CCCC1CN(CCCOCC)C2(CCCCC2)CN1. The van der Waals surface area contributed by atoms with Crippen LogP contribution in [-0.4, -0.2) is 49.3 Å². The van der Waals surface area contributed by atoms with Crippen LogP contribution in [0.4, 0.5) is 0 Å². The Hall–Kier alpha value is -0.120. The van der Waals surface area contributed by atoms with Crippen molar-refractivity contribution in [2.75, 3.05) is 32.8 Å². The van der Waals surface area contributed by atoms with Gasteiger partial charge in [-0.2, -0.15) is 0 Å². The van der Waals surface area contributed by atoms with E-state index in [2.05, 4.69) is 24.1 Å². The lowest BCUT2D eigenvalue weighted by Crippen LogP contribution is -2.65. The molecule has 1 spiro atoms. The summed E-state index contributed by atoms with van der Waals surface area (Å²) in [5.41, 5.74) is 0.467. The Morgan fingerprint density at radius 2 is 2.00 bits per heavy atom. The summed E-state index contributed by atoms with van der Waals surface area (Å²) in [6.45, 7) is 9.85. The molecule has 118 valence electrons. The van der Waals surface area contributed by atoms with Crippen LogP contribution in [0.2, 0.25) is 0 Å². The lowest BCUT2D eigenvalue weighted by Gasteiger charge is -2.52. The van der Waals surface area contributed by atoms with E-state index in [-0.39, 0.29) is 0 Å². The quantitative estimate of drug-likeness (QED) is 0.726. The summed E-state index contributed by atoms with van der Waals surface area (Å²) in [5, 5.41) is 3.84. The smallest absolute Gasteiger partial charge is 0.0478 e. The van der Waals surface area contributed by atoms with E-state index in [9.17, 15) is 0 Å². The first kappa shape index (κ1) is 16.3. The molecule has 1 saturated heterocycles. The van der Waals surface area contributed by atoms with Gasteiger partial charge in [-0.15, -0.1) is 0 Å². The average molecular weight is 282 g/mol. The highest BCUT2D eigenvalue weighted by Crippen LogP contribution is 2.35. The first-order chi connectivity index (χ1) is 9.80. The molecule has 0 amide bonds.